The molecule has 0 aliphatic rings. The zero-order valence-electron chi connectivity index (χ0n) is 8.79. The fourth-order valence-electron chi connectivity index (χ4n) is 1.30. The molecular weight excluding hydrogens is 240 g/mol. The van der Waals surface area contributed by atoms with Crippen LogP contribution >= 0.6 is 11.8 Å². The van der Waals surface area contributed by atoms with Crippen molar-refractivity contribution in [3.8, 4) is 0 Å². The fourth-order valence-corrected chi connectivity index (χ4v) is 2.16. The molecule has 0 saturated carbocycles. The molecule has 2 heterocycles. The summed E-state index contributed by atoms with van der Waals surface area (Å²) in [5, 5.41) is 9.56. The van der Waals surface area contributed by atoms with Crippen molar-refractivity contribution in [3.05, 3.63) is 42.0 Å². The standard InChI is InChI=1S/C11H10N2O3S/c12-8-2-1-4-13-10(8)17-6-9-7(11(14)15)3-5-16-9/h1-5H,6,12H2,(H,14,15). The van der Waals surface area contributed by atoms with Crippen LogP contribution in [0.1, 0.15) is 16.1 Å². The SMILES string of the molecule is Nc1cccnc1SCc1occc1C(=O)O. The van der Waals surface area contributed by atoms with Gasteiger partial charge in [-0.05, 0) is 18.2 Å². The molecule has 0 unspecified atom stereocenters. The predicted octanol–water partition coefficient (Wildman–Crippen LogP) is 2.25. The van der Waals surface area contributed by atoms with E-state index in [1.807, 2.05) is 0 Å². The number of anilines is 1. The maximum absolute atomic E-state index is 10.9. The van der Waals surface area contributed by atoms with Gasteiger partial charge in [0.15, 0.2) is 0 Å². The summed E-state index contributed by atoms with van der Waals surface area (Å²) >= 11 is 1.34. The molecule has 6 heteroatoms. The Morgan fingerprint density at radius 1 is 1.53 bits per heavy atom. The second kappa shape index (κ2) is 4.92. The molecule has 88 valence electrons. The number of carboxylic acids is 1. The number of hydrogen-bond donors (Lipinski definition) is 2. The molecule has 0 bridgehead atoms. The molecule has 3 N–H and O–H groups in total. The van der Waals surface area contributed by atoms with Crippen molar-refractivity contribution < 1.29 is 14.3 Å². The van der Waals surface area contributed by atoms with Crippen LogP contribution in [0.2, 0.25) is 0 Å². The fraction of sp³-hybridized carbons (Fsp3) is 0.0909. The molecule has 0 aromatic carbocycles. The van der Waals surface area contributed by atoms with E-state index in [4.69, 9.17) is 15.3 Å². The average Bonchev–Trinajstić information content (AvgIpc) is 2.76. The zero-order chi connectivity index (χ0) is 12.3. The van der Waals surface area contributed by atoms with E-state index in [2.05, 4.69) is 4.98 Å². The lowest BCUT2D eigenvalue weighted by Gasteiger charge is -2.02. The zero-order valence-corrected chi connectivity index (χ0v) is 9.61. The Morgan fingerprint density at radius 2 is 2.35 bits per heavy atom. The van der Waals surface area contributed by atoms with Gasteiger partial charge in [0.05, 0.1) is 17.7 Å². The van der Waals surface area contributed by atoms with E-state index in [-0.39, 0.29) is 5.56 Å². The van der Waals surface area contributed by atoms with E-state index < -0.39 is 5.97 Å². The van der Waals surface area contributed by atoms with Crippen LogP contribution in [0, 0.1) is 0 Å². The smallest absolute Gasteiger partial charge is 0.339 e. The molecule has 0 aliphatic heterocycles. The summed E-state index contributed by atoms with van der Waals surface area (Å²) in [4.78, 5) is 15.0. The number of furan rings is 1. The first-order chi connectivity index (χ1) is 8.18. The highest BCUT2D eigenvalue weighted by Crippen LogP contribution is 2.27. The predicted molar refractivity (Wildman–Crippen MR) is 63.9 cm³/mol. The lowest BCUT2D eigenvalue weighted by atomic mass is 10.3. The van der Waals surface area contributed by atoms with Gasteiger partial charge in [-0.2, -0.15) is 0 Å². The van der Waals surface area contributed by atoms with Gasteiger partial charge in [-0.15, -0.1) is 0 Å². The molecule has 0 radical (unpaired) electrons. The quantitative estimate of drug-likeness (QED) is 0.809. The number of hydrogen-bond acceptors (Lipinski definition) is 5. The second-order valence-corrected chi connectivity index (χ2v) is 4.21. The Morgan fingerprint density at radius 3 is 3.06 bits per heavy atom. The molecule has 2 rings (SSSR count). The third-order valence-corrected chi connectivity index (χ3v) is 3.14. The van der Waals surface area contributed by atoms with Gasteiger partial charge in [-0.1, -0.05) is 11.8 Å². The Labute approximate surface area is 102 Å². The van der Waals surface area contributed by atoms with Crippen LogP contribution in [0.5, 0.6) is 0 Å². The minimum absolute atomic E-state index is 0.173. The summed E-state index contributed by atoms with van der Waals surface area (Å²) in [6.07, 6.45) is 3.00. The summed E-state index contributed by atoms with van der Waals surface area (Å²) in [7, 11) is 0. The minimum Gasteiger partial charge on any atom is -0.478 e. The van der Waals surface area contributed by atoms with E-state index in [1.54, 1.807) is 18.3 Å². The maximum atomic E-state index is 10.9. The van der Waals surface area contributed by atoms with Gasteiger partial charge in [-0.25, -0.2) is 9.78 Å². The molecule has 0 atom stereocenters. The number of nitrogens with zero attached hydrogens (tertiary/aromatic N) is 1. The van der Waals surface area contributed by atoms with Gasteiger partial charge >= 0.3 is 5.97 Å². The van der Waals surface area contributed by atoms with Crippen LogP contribution in [0.25, 0.3) is 0 Å². The van der Waals surface area contributed by atoms with Crippen molar-refractivity contribution in [2.75, 3.05) is 5.73 Å². The van der Waals surface area contributed by atoms with Gasteiger partial charge < -0.3 is 15.3 Å². The molecule has 17 heavy (non-hydrogen) atoms. The van der Waals surface area contributed by atoms with Crippen LogP contribution < -0.4 is 5.73 Å². The summed E-state index contributed by atoms with van der Waals surface area (Å²) in [6.45, 7) is 0. The van der Waals surface area contributed by atoms with E-state index in [9.17, 15) is 4.79 Å². The van der Waals surface area contributed by atoms with Crippen molar-refractivity contribution in [2.24, 2.45) is 0 Å². The monoisotopic (exact) mass is 250 g/mol. The highest BCUT2D eigenvalue weighted by molar-refractivity contribution is 7.98. The Hall–Kier alpha value is -1.95. The highest BCUT2D eigenvalue weighted by Gasteiger charge is 2.14. The van der Waals surface area contributed by atoms with Gasteiger partial charge in [0.25, 0.3) is 0 Å². The second-order valence-electron chi connectivity index (χ2n) is 3.25. The number of pyridine rings is 1. The molecule has 0 fully saturated rings. The number of rotatable bonds is 4. The first-order valence-corrected chi connectivity index (χ1v) is 5.80. The van der Waals surface area contributed by atoms with Crippen LogP contribution in [-0.4, -0.2) is 16.1 Å². The summed E-state index contributed by atoms with van der Waals surface area (Å²) in [5.41, 5.74) is 6.47. The molecule has 0 saturated heterocycles. The van der Waals surface area contributed by atoms with E-state index in [0.29, 0.717) is 22.2 Å². The minimum atomic E-state index is -0.997. The van der Waals surface area contributed by atoms with Crippen molar-refractivity contribution >= 4 is 23.4 Å². The number of carboxylic acid groups (broad SMARTS) is 1. The third kappa shape index (κ3) is 2.59. The van der Waals surface area contributed by atoms with Gasteiger partial charge in [-0.3, -0.25) is 0 Å². The molecule has 5 nitrogen and oxygen atoms in total. The van der Waals surface area contributed by atoms with Crippen LogP contribution in [0.4, 0.5) is 5.69 Å². The topological polar surface area (TPSA) is 89.4 Å². The Kier molecular flexibility index (Phi) is 3.34. The highest BCUT2D eigenvalue weighted by atomic mass is 32.2. The van der Waals surface area contributed by atoms with E-state index in [1.165, 1.54) is 24.1 Å². The number of nitrogens with two attached hydrogens (primary N) is 1. The Bertz CT molecular complexity index is 539. The van der Waals surface area contributed by atoms with Crippen LogP contribution in [0.3, 0.4) is 0 Å². The molecule has 0 amide bonds. The van der Waals surface area contributed by atoms with Crippen LogP contribution in [-0.2, 0) is 5.75 Å². The first kappa shape index (κ1) is 11.5. The number of thioether (sulfide) groups is 1. The van der Waals surface area contributed by atoms with Crippen molar-refractivity contribution in [2.45, 2.75) is 10.8 Å². The molecular formula is C11H10N2O3S. The maximum Gasteiger partial charge on any atom is 0.339 e. The van der Waals surface area contributed by atoms with E-state index in [0.717, 1.165) is 0 Å². The third-order valence-electron chi connectivity index (χ3n) is 2.12. The Balaban J connectivity index is 2.10. The van der Waals surface area contributed by atoms with E-state index >= 15 is 0 Å². The first-order valence-electron chi connectivity index (χ1n) is 4.81. The lowest BCUT2D eigenvalue weighted by molar-refractivity contribution is 0.0695. The van der Waals surface area contributed by atoms with Crippen molar-refractivity contribution in [1.82, 2.24) is 4.98 Å². The van der Waals surface area contributed by atoms with Crippen LogP contribution in [0.15, 0.2) is 40.1 Å². The molecule has 2 aromatic heterocycles. The van der Waals surface area contributed by atoms with Gasteiger partial charge in [0.2, 0.25) is 0 Å². The molecule has 0 aliphatic carbocycles. The summed E-state index contributed by atoms with van der Waals surface area (Å²) in [6, 6.07) is 4.92. The van der Waals surface area contributed by atoms with Crippen molar-refractivity contribution in [3.63, 3.8) is 0 Å². The summed E-state index contributed by atoms with van der Waals surface area (Å²) < 4.78 is 5.12. The van der Waals surface area contributed by atoms with Gasteiger partial charge in [0, 0.05) is 6.20 Å². The molecule has 0 spiro atoms. The van der Waals surface area contributed by atoms with Crippen molar-refractivity contribution in [1.29, 1.82) is 0 Å². The number of carbonyl (C=O) groups is 1. The molecule has 2 aromatic rings. The normalized spacial score (nSPS) is 10.4. The van der Waals surface area contributed by atoms with Gasteiger partial charge in [0.1, 0.15) is 16.3 Å². The number of aromatic carboxylic acids is 1. The largest absolute Gasteiger partial charge is 0.478 e. The lowest BCUT2D eigenvalue weighted by Crippen LogP contribution is -1.98. The average molecular weight is 250 g/mol. The summed E-state index contributed by atoms with van der Waals surface area (Å²) in [5.74, 6) is -0.202. The number of nitrogen functional groups attached to an aromatic ring is 1. The number of aromatic nitrogens is 1.